The number of primary amides is 1. The number of halogens is 4. The molecule has 0 atom stereocenters. The second-order valence-electron chi connectivity index (χ2n) is 30.7. The summed E-state index contributed by atoms with van der Waals surface area (Å²) in [5.74, 6) is 0.701. The molecule has 8 aromatic carbocycles. The van der Waals surface area contributed by atoms with E-state index in [4.69, 9.17) is 104 Å². The molecule has 3 aliphatic heterocycles. The van der Waals surface area contributed by atoms with Crippen molar-refractivity contribution in [2.75, 3.05) is 115 Å². The normalized spacial score (nSPS) is 12.3. The van der Waals surface area contributed by atoms with Crippen LogP contribution in [0.25, 0.3) is 88.9 Å². The summed E-state index contributed by atoms with van der Waals surface area (Å²) in [5, 5.41) is 18.8. The number of carboxylic acid groups (broad SMARTS) is 1. The number of nitrogens with zero attached hydrogens (tertiary/aromatic N) is 18. The van der Waals surface area contributed by atoms with Gasteiger partial charge in [0.05, 0.1) is 128 Å². The Morgan fingerprint density at radius 2 is 0.575 bits per heavy atom. The van der Waals surface area contributed by atoms with E-state index in [1.807, 2.05) is 54.6 Å². The van der Waals surface area contributed by atoms with Gasteiger partial charge in [0.1, 0.15) is 44.6 Å². The van der Waals surface area contributed by atoms with Crippen molar-refractivity contribution in [3.05, 3.63) is 330 Å². The van der Waals surface area contributed by atoms with E-state index in [-0.39, 0.29) is 70.4 Å². The standard InChI is InChI=1S/C25H22N4O4.C24H21N5O3.C24H20N4O4.C15H10ClN3O3.C8H8O3.C7H3Cl2N3.ClH.Li.H3N.H2O/c1-31-25(30)18-4-8-20(9-5-18)33-24-23-22(26-10-11-27-23)16-21(28-24)17-2-6-19(7-3-17)29-12-14-32-15-13-29;25-23(30)17-3-7-19(8-4-17)32-24-22-21(26-9-10-27-22)15-20(28-24)16-1-5-18(6-2-16)29-11-13-31-14-12-29;29-24(30)17-3-7-19(8-4-17)32-23-22-21(25-9-10-26-22)15-20(27-23)16-1-5-18(6-2-16)28-11-13-31-14-12-28;1-21-15(20)9-2-4-10(5-3-9)22-14-13-11(8-12(16)19-14)17-6-7-18-13;1-11-8(10)6-2-4-7(9)5-3-6;8-5-3-4-6(7(9)12-5)11-2-1-10-4;;;;/h2-11,16H,12-15H2,1H3;1-10,15H,11-14H2,(H2,25,30);1-10,15H,11-14H2,(H,29,30);2-8H,1H3;2-5,9H,1H3;1-3H;1H;;1H3;1H2/q;;;;;;;+1;;/p-1. The van der Waals surface area contributed by atoms with E-state index in [0.717, 1.165) is 124 Å². The van der Waals surface area contributed by atoms with E-state index >= 15 is 0 Å². The average molecular weight is 2040 g/mol. The maximum atomic E-state index is 11.7. The monoisotopic (exact) mass is 2040 g/mol. The van der Waals surface area contributed by atoms with Gasteiger partial charge in [0, 0.05) is 153 Å². The summed E-state index contributed by atoms with van der Waals surface area (Å²) >= 11 is 17.4. The minimum absolute atomic E-state index is 0. The van der Waals surface area contributed by atoms with Gasteiger partial charge < -0.3 is 89.6 Å². The molecular formula is C103H89Cl4LiN20O18. The number of carbonyl (C=O) groups excluding carboxylic acids is 4. The number of fused-ring (bicyclic) bond motifs is 5. The van der Waals surface area contributed by atoms with Crippen LogP contribution < -0.4 is 64.4 Å². The van der Waals surface area contributed by atoms with Crippen LogP contribution in [0.2, 0.25) is 15.5 Å². The predicted molar refractivity (Wildman–Crippen MR) is 545 cm³/mol. The number of aromatic carboxylic acids is 1. The molecule has 0 bridgehead atoms. The first-order chi connectivity index (χ1) is 69.2. The summed E-state index contributed by atoms with van der Waals surface area (Å²) in [6, 6.07) is 65.4. The molecule has 3 fully saturated rings. The van der Waals surface area contributed by atoms with Crippen molar-refractivity contribution in [3.8, 4) is 86.0 Å². The Morgan fingerprint density at radius 3 is 0.863 bits per heavy atom. The van der Waals surface area contributed by atoms with Gasteiger partial charge in [-0.05, 0) is 176 Å². The van der Waals surface area contributed by atoms with Crippen LogP contribution in [0.1, 0.15) is 51.8 Å². The molecule has 10 aromatic heterocycles. The fourth-order valence-electron chi connectivity index (χ4n) is 14.4. The van der Waals surface area contributed by atoms with Crippen LogP contribution in [0.15, 0.2) is 286 Å². The smallest absolute Gasteiger partial charge is 0.870 e. The summed E-state index contributed by atoms with van der Waals surface area (Å²) in [5.41, 5.74) is 21.7. The van der Waals surface area contributed by atoms with Gasteiger partial charge in [-0.1, -0.05) is 71.2 Å². The third kappa shape index (κ3) is 28.3. The number of rotatable bonds is 19. The Labute approximate surface area is 866 Å². The summed E-state index contributed by atoms with van der Waals surface area (Å²) < 4.78 is 53.9. The number of phenols is 1. The molecule has 0 spiro atoms. The molecule has 18 aromatic rings. The number of benzene rings is 8. The summed E-state index contributed by atoms with van der Waals surface area (Å²) in [4.78, 5) is 128. The Balaban J connectivity index is 0.000000161. The van der Waals surface area contributed by atoms with Gasteiger partial charge in [0.15, 0.2) is 27.2 Å². The van der Waals surface area contributed by atoms with Crippen molar-refractivity contribution in [3.63, 3.8) is 0 Å². The van der Waals surface area contributed by atoms with Crippen molar-refractivity contribution in [1.82, 2.24) is 80.9 Å². The number of morpholine rings is 3. The van der Waals surface area contributed by atoms with Crippen molar-refractivity contribution in [2.24, 2.45) is 5.73 Å². The molecular weight excluding hydrogens is 1950 g/mol. The molecule has 8 N–H and O–H groups in total. The molecule has 0 saturated carbocycles. The molecule has 38 nitrogen and oxygen atoms in total. The Bertz CT molecular complexity index is 7310. The number of aromatic hydroxyl groups is 1. The number of carbonyl (C=O) groups is 5. The second kappa shape index (κ2) is 52.5. The predicted octanol–water partition coefficient (Wildman–Crippen LogP) is 15.7. The minimum Gasteiger partial charge on any atom is -0.870 e. The van der Waals surface area contributed by atoms with Crippen LogP contribution >= 0.6 is 47.2 Å². The van der Waals surface area contributed by atoms with Gasteiger partial charge in [-0.15, -0.1) is 12.4 Å². The maximum Gasteiger partial charge on any atom is 1.00 e. The number of aromatic nitrogens is 15. The van der Waals surface area contributed by atoms with Gasteiger partial charge in [-0.2, -0.15) is 4.98 Å². The summed E-state index contributed by atoms with van der Waals surface area (Å²) in [6.45, 7) is 9.74. The summed E-state index contributed by atoms with van der Waals surface area (Å²) in [7, 11) is 3.99. The van der Waals surface area contributed by atoms with E-state index in [0.29, 0.717) is 129 Å². The number of hydrogen-bond donors (Lipinski definition) is 4. The molecule has 3 aliphatic rings. The molecule has 21 rings (SSSR count). The molecule has 738 valence electrons. The maximum absolute atomic E-state index is 11.7. The number of carboxylic acids is 1. The molecule has 13 heterocycles. The average Bonchev–Trinajstić information content (AvgIpc) is 0.794. The summed E-state index contributed by atoms with van der Waals surface area (Å²) in [6.07, 6.45) is 15.9. The molecule has 146 heavy (non-hydrogen) atoms. The fraction of sp³-hybridized carbons (Fsp3) is 0.146. The minimum atomic E-state index is -0.992. The van der Waals surface area contributed by atoms with Crippen LogP contribution in [0.3, 0.4) is 0 Å². The molecule has 3 saturated heterocycles. The van der Waals surface area contributed by atoms with E-state index in [9.17, 15) is 24.0 Å². The largest absolute Gasteiger partial charge is 1.00 e. The Morgan fingerprint density at radius 1 is 0.329 bits per heavy atom. The Kier molecular flexibility index (Phi) is 39.0. The third-order valence-electron chi connectivity index (χ3n) is 21.6. The van der Waals surface area contributed by atoms with Crippen molar-refractivity contribution >= 4 is 149 Å². The first kappa shape index (κ1) is 108. The van der Waals surface area contributed by atoms with Crippen LogP contribution in [0.5, 0.6) is 52.3 Å². The number of hydrogen-bond acceptors (Lipinski definition) is 36. The van der Waals surface area contributed by atoms with Crippen molar-refractivity contribution in [1.29, 1.82) is 0 Å². The van der Waals surface area contributed by atoms with Crippen molar-refractivity contribution in [2.45, 2.75) is 0 Å². The molecule has 43 heteroatoms. The molecule has 0 aliphatic carbocycles. The topological polar surface area (TPSA) is 512 Å². The van der Waals surface area contributed by atoms with Crippen LogP contribution in [-0.2, 0) is 28.4 Å². The van der Waals surface area contributed by atoms with Gasteiger partial charge >= 0.3 is 42.7 Å². The number of pyridine rings is 5. The number of ether oxygens (including phenoxy) is 10. The van der Waals surface area contributed by atoms with Gasteiger partial charge in [0.25, 0.3) is 0 Å². The molecule has 1 amide bonds. The number of nitrogens with two attached hydrogens (primary N) is 1. The SMILES string of the molecule is COC(=O)c1ccc(O)cc1.COC(=O)c1ccc(Oc2nc(-c3ccc(N4CCOCC4)cc3)cc3nccnc23)cc1.COC(=O)c1ccc(Oc2nc(Cl)cc3nccnc23)cc1.Cl.Clc1cc2nccnc2c(Cl)n1.N.NC(=O)c1ccc(Oc2nc(-c3ccc(N4CCOCC4)cc3)cc3nccnc23)cc1.O=C(O)c1ccc(Oc2nc(-c3ccc(N4CCOCC4)cc3)cc3nccnc23)cc1.[Li+].[OH-]. The number of anilines is 3. The first-order valence-corrected chi connectivity index (χ1v) is 44.9. The van der Waals surface area contributed by atoms with Gasteiger partial charge in [-0.25, -0.2) is 64.0 Å². The van der Waals surface area contributed by atoms with Crippen molar-refractivity contribution < 1.29 is 106 Å². The van der Waals surface area contributed by atoms with Crippen LogP contribution in [-0.4, -0.2) is 220 Å². The van der Waals surface area contributed by atoms with Gasteiger partial charge in [0.2, 0.25) is 29.4 Å². The number of esters is 3. The zero-order valence-corrected chi connectivity index (χ0v) is 81.5. The zero-order chi connectivity index (χ0) is 98.8. The van der Waals surface area contributed by atoms with Gasteiger partial charge in [-0.3, -0.25) is 29.7 Å². The quantitative estimate of drug-likeness (QED) is 0.0253. The molecule has 0 radical (unpaired) electrons. The van der Waals surface area contributed by atoms with E-state index in [1.54, 1.807) is 159 Å². The van der Waals surface area contributed by atoms with E-state index in [1.165, 1.54) is 57.7 Å². The van der Waals surface area contributed by atoms with Crippen LogP contribution in [0.4, 0.5) is 17.1 Å². The third-order valence-corrected chi connectivity index (χ3v) is 22.3. The van der Waals surface area contributed by atoms with E-state index in [2.05, 4.69) is 120 Å². The number of amides is 1. The second-order valence-corrected chi connectivity index (χ2v) is 31.8. The number of methoxy groups -OCH3 is 3. The first-order valence-electron chi connectivity index (χ1n) is 43.8. The zero-order valence-electron chi connectivity index (χ0n) is 78.5. The fourth-order valence-corrected chi connectivity index (χ4v) is 15.1. The Hall–Kier alpha value is -16.5. The molecule has 0 unspecified atom stereocenters. The van der Waals surface area contributed by atoms with Crippen LogP contribution in [0, 0.1) is 0 Å². The number of phenolic OH excluding ortho intramolecular Hbond substituents is 1. The van der Waals surface area contributed by atoms with E-state index < -0.39 is 29.8 Å².